The third-order valence-electron chi connectivity index (χ3n) is 7.51. The van der Waals surface area contributed by atoms with E-state index in [0.29, 0.717) is 43.4 Å². The van der Waals surface area contributed by atoms with E-state index < -0.39 is 28.8 Å². The fourth-order valence-corrected chi connectivity index (χ4v) is 5.83. The summed E-state index contributed by atoms with van der Waals surface area (Å²) in [5.41, 5.74) is 0.744. The van der Waals surface area contributed by atoms with Gasteiger partial charge in [0.15, 0.2) is 23.0 Å². The van der Waals surface area contributed by atoms with Crippen LogP contribution in [0.1, 0.15) is 40.4 Å². The molecule has 2 heterocycles. The number of carbonyl (C=O) groups is 1. The van der Waals surface area contributed by atoms with Crippen molar-refractivity contribution in [3.63, 3.8) is 0 Å². The number of ether oxygens (including phenoxy) is 5. The SMILES string of the molecule is CS(=O)(=O)Oc1cc(C(=O)OC(Cc2c(Cl)cncc2Cl)c2ccc(OC(F)F)c(OCC3CC3)c2)ccc1OCCN1CCOCC1. The van der Waals surface area contributed by atoms with Gasteiger partial charge in [-0.2, -0.15) is 17.2 Å². The minimum Gasteiger partial charge on any atom is -0.489 e. The van der Waals surface area contributed by atoms with Crippen molar-refractivity contribution in [2.45, 2.75) is 32.0 Å². The zero-order valence-corrected chi connectivity index (χ0v) is 28.2. The van der Waals surface area contributed by atoms with Crippen LogP contribution in [0.2, 0.25) is 10.0 Å². The van der Waals surface area contributed by atoms with E-state index in [1.54, 1.807) is 0 Å². The minimum absolute atomic E-state index is 0.0293. The van der Waals surface area contributed by atoms with E-state index in [4.69, 9.17) is 46.3 Å². The Balaban J connectivity index is 1.42. The van der Waals surface area contributed by atoms with E-state index >= 15 is 0 Å². The second kappa shape index (κ2) is 16.3. The van der Waals surface area contributed by atoms with Gasteiger partial charge in [0, 0.05) is 44.5 Å². The molecular weight excluding hydrogens is 697 g/mol. The lowest BCUT2D eigenvalue weighted by Gasteiger charge is -2.26. The first kappa shape index (κ1) is 35.9. The van der Waals surface area contributed by atoms with Crippen LogP contribution in [0, 0.1) is 5.92 Å². The van der Waals surface area contributed by atoms with E-state index in [2.05, 4.69) is 14.6 Å². The molecule has 1 aliphatic heterocycles. The monoisotopic (exact) mass is 730 g/mol. The largest absolute Gasteiger partial charge is 0.489 e. The van der Waals surface area contributed by atoms with Gasteiger partial charge in [0.25, 0.3) is 0 Å². The molecule has 11 nitrogen and oxygen atoms in total. The number of nitrogens with zero attached hydrogens (tertiary/aromatic N) is 2. The highest BCUT2D eigenvalue weighted by Gasteiger charge is 2.27. The van der Waals surface area contributed by atoms with Crippen molar-refractivity contribution in [3.8, 4) is 23.0 Å². The maximum absolute atomic E-state index is 13.6. The molecule has 1 atom stereocenters. The smallest absolute Gasteiger partial charge is 0.387 e. The van der Waals surface area contributed by atoms with Crippen LogP contribution >= 0.6 is 23.2 Å². The molecule has 0 amide bonds. The minimum atomic E-state index is -4.00. The van der Waals surface area contributed by atoms with Crippen molar-refractivity contribution < 1.29 is 49.9 Å². The second-order valence-corrected chi connectivity index (χ2v) is 13.7. The highest BCUT2D eigenvalue weighted by molar-refractivity contribution is 7.86. The molecule has 0 N–H and O–H groups in total. The number of morpholine rings is 1. The van der Waals surface area contributed by atoms with E-state index in [1.807, 2.05) is 0 Å². The number of alkyl halides is 2. The number of carbonyl (C=O) groups excluding carboxylic acids is 1. The van der Waals surface area contributed by atoms with Gasteiger partial charge < -0.3 is 27.9 Å². The van der Waals surface area contributed by atoms with Gasteiger partial charge in [-0.1, -0.05) is 29.3 Å². The molecule has 260 valence electrons. The number of halogens is 4. The predicted octanol–water partition coefficient (Wildman–Crippen LogP) is 5.97. The summed E-state index contributed by atoms with van der Waals surface area (Å²) in [6, 6.07) is 8.27. The first-order valence-corrected chi connectivity index (χ1v) is 17.7. The molecule has 2 aliphatic rings. The van der Waals surface area contributed by atoms with Crippen LogP contribution in [0.5, 0.6) is 23.0 Å². The molecule has 2 aromatic carbocycles. The number of aromatic nitrogens is 1. The average molecular weight is 732 g/mol. The molecule has 1 saturated heterocycles. The fraction of sp³-hybridized carbons (Fsp3) is 0.438. The lowest BCUT2D eigenvalue weighted by molar-refractivity contribution is -0.0515. The zero-order valence-electron chi connectivity index (χ0n) is 25.9. The molecule has 48 heavy (non-hydrogen) atoms. The molecule has 1 aromatic heterocycles. The van der Waals surface area contributed by atoms with E-state index in [0.717, 1.165) is 32.2 Å². The molecule has 0 spiro atoms. The molecule has 2 fully saturated rings. The maximum atomic E-state index is 13.6. The summed E-state index contributed by atoms with van der Waals surface area (Å²) in [4.78, 5) is 19.7. The van der Waals surface area contributed by atoms with Crippen molar-refractivity contribution in [2.24, 2.45) is 5.92 Å². The van der Waals surface area contributed by atoms with E-state index in [9.17, 15) is 22.0 Å². The van der Waals surface area contributed by atoms with Gasteiger partial charge in [-0.3, -0.25) is 9.88 Å². The van der Waals surface area contributed by atoms with Crippen LogP contribution in [0.3, 0.4) is 0 Å². The van der Waals surface area contributed by atoms with Crippen LogP contribution < -0.4 is 18.4 Å². The van der Waals surface area contributed by atoms with Crippen LogP contribution in [-0.2, 0) is 26.0 Å². The van der Waals surface area contributed by atoms with Crippen molar-refractivity contribution in [2.75, 3.05) is 52.3 Å². The number of hydrogen-bond acceptors (Lipinski definition) is 11. The van der Waals surface area contributed by atoms with Crippen LogP contribution in [-0.4, -0.2) is 83.2 Å². The first-order chi connectivity index (χ1) is 22.9. The van der Waals surface area contributed by atoms with Gasteiger partial charge in [0.1, 0.15) is 12.7 Å². The normalized spacial score (nSPS) is 16.0. The number of hydrogen-bond donors (Lipinski definition) is 0. The molecule has 3 aromatic rings. The molecule has 0 bridgehead atoms. The summed E-state index contributed by atoms with van der Waals surface area (Å²) < 4.78 is 83.3. The molecule has 5 rings (SSSR count). The van der Waals surface area contributed by atoms with Crippen molar-refractivity contribution in [1.82, 2.24) is 9.88 Å². The second-order valence-electron chi connectivity index (χ2n) is 11.3. The standard InChI is InChI=1S/C32H34Cl2F2N2O9S/c1-48(40,41)47-30-15-22(5-6-26(30)43-13-10-38-8-11-42-12-9-38)31(39)45-28(16-23-24(33)17-37-18-25(23)34)21-4-7-27(46-32(35)36)29(14-21)44-19-20-2-3-20/h4-7,14-15,17-18,20,28,32H,2-3,8-13,16,19H2,1H3. The molecular formula is C32H34Cl2F2N2O9S. The average Bonchev–Trinajstić information content (AvgIpc) is 3.87. The number of esters is 1. The van der Waals surface area contributed by atoms with Gasteiger partial charge in [-0.15, -0.1) is 0 Å². The highest BCUT2D eigenvalue weighted by atomic mass is 35.5. The topological polar surface area (TPSA) is 123 Å². The molecule has 1 saturated carbocycles. The Hall–Kier alpha value is -3.43. The summed E-state index contributed by atoms with van der Waals surface area (Å²) >= 11 is 12.8. The summed E-state index contributed by atoms with van der Waals surface area (Å²) in [5.74, 6) is -0.751. The Morgan fingerprint density at radius 1 is 1.00 bits per heavy atom. The Labute approximate surface area is 287 Å². The van der Waals surface area contributed by atoms with Crippen LogP contribution in [0.15, 0.2) is 48.8 Å². The number of benzene rings is 2. The van der Waals surface area contributed by atoms with Crippen LogP contribution in [0.4, 0.5) is 8.78 Å². The Bertz CT molecular complexity index is 1670. The van der Waals surface area contributed by atoms with E-state index in [1.165, 1.54) is 48.8 Å². The zero-order chi connectivity index (χ0) is 34.3. The van der Waals surface area contributed by atoms with Gasteiger partial charge in [-0.25, -0.2) is 4.79 Å². The van der Waals surface area contributed by atoms with Crippen molar-refractivity contribution in [3.05, 3.63) is 75.5 Å². The third kappa shape index (κ3) is 10.5. The highest BCUT2D eigenvalue weighted by Crippen LogP contribution is 2.38. The summed E-state index contributed by atoms with van der Waals surface area (Å²) in [7, 11) is -4.00. The summed E-state index contributed by atoms with van der Waals surface area (Å²) in [6.07, 6.45) is 4.48. The lowest BCUT2D eigenvalue weighted by Crippen LogP contribution is -2.38. The van der Waals surface area contributed by atoms with Gasteiger partial charge in [0.05, 0.1) is 41.7 Å². The van der Waals surface area contributed by atoms with Gasteiger partial charge in [0.2, 0.25) is 0 Å². The maximum Gasteiger partial charge on any atom is 0.387 e. The number of rotatable bonds is 16. The van der Waals surface area contributed by atoms with Crippen LogP contribution in [0.25, 0.3) is 0 Å². The van der Waals surface area contributed by atoms with Crippen molar-refractivity contribution >= 4 is 39.3 Å². The number of pyridine rings is 1. The molecule has 0 radical (unpaired) electrons. The predicted molar refractivity (Wildman–Crippen MR) is 172 cm³/mol. The van der Waals surface area contributed by atoms with Crippen molar-refractivity contribution in [1.29, 1.82) is 0 Å². The quantitative estimate of drug-likeness (QED) is 0.128. The molecule has 1 unspecified atom stereocenters. The lowest BCUT2D eigenvalue weighted by atomic mass is 10.0. The van der Waals surface area contributed by atoms with Gasteiger partial charge >= 0.3 is 22.7 Å². The Morgan fingerprint density at radius 2 is 1.71 bits per heavy atom. The van der Waals surface area contributed by atoms with E-state index in [-0.39, 0.29) is 51.6 Å². The molecule has 16 heteroatoms. The fourth-order valence-electron chi connectivity index (χ4n) is 4.86. The first-order valence-electron chi connectivity index (χ1n) is 15.1. The Morgan fingerprint density at radius 3 is 2.38 bits per heavy atom. The van der Waals surface area contributed by atoms with Gasteiger partial charge in [-0.05, 0) is 54.2 Å². The molecule has 1 aliphatic carbocycles. The summed E-state index contributed by atoms with van der Waals surface area (Å²) in [6.45, 7) is 0.736. The Kier molecular flexibility index (Phi) is 12.2. The third-order valence-corrected chi connectivity index (χ3v) is 8.64. The summed E-state index contributed by atoms with van der Waals surface area (Å²) in [5, 5.41) is 0.433.